The Morgan fingerprint density at radius 3 is 2.36 bits per heavy atom. The zero-order valence-corrected chi connectivity index (χ0v) is 16.8. The average molecular weight is 398 g/mol. The zero-order chi connectivity index (χ0) is 20.3. The van der Waals surface area contributed by atoms with Crippen LogP contribution >= 0.6 is 0 Å². The maximum atomic E-state index is 12.4. The van der Waals surface area contributed by atoms with E-state index in [0.29, 0.717) is 11.3 Å². The number of amides is 1. The molecule has 0 spiro atoms. The summed E-state index contributed by atoms with van der Waals surface area (Å²) in [6.45, 7) is 0.165. The van der Waals surface area contributed by atoms with Crippen molar-refractivity contribution in [2.75, 3.05) is 24.7 Å². The van der Waals surface area contributed by atoms with Crippen LogP contribution in [0.15, 0.2) is 67.0 Å². The van der Waals surface area contributed by atoms with Crippen LogP contribution in [0, 0.1) is 0 Å². The number of hydrogen-bond donors (Lipinski definition) is 0. The van der Waals surface area contributed by atoms with Gasteiger partial charge in [0.25, 0.3) is 5.91 Å². The second-order valence-corrected chi connectivity index (χ2v) is 8.54. The summed E-state index contributed by atoms with van der Waals surface area (Å²) in [5.41, 5.74) is 2.65. The average Bonchev–Trinajstić information content (AvgIpc) is 3.20. The van der Waals surface area contributed by atoms with Gasteiger partial charge in [-0.15, -0.1) is 0 Å². The molecule has 1 aromatic heterocycles. The van der Waals surface area contributed by atoms with Crippen LogP contribution in [0.3, 0.4) is 0 Å². The summed E-state index contributed by atoms with van der Waals surface area (Å²) in [7, 11) is -0.136. The van der Waals surface area contributed by atoms with Gasteiger partial charge < -0.3 is 4.90 Å². The van der Waals surface area contributed by atoms with E-state index in [1.807, 2.05) is 6.07 Å². The maximum Gasteiger partial charge on any atom is 0.253 e. The number of anilines is 1. The maximum absolute atomic E-state index is 12.4. The van der Waals surface area contributed by atoms with E-state index in [2.05, 4.69) is 5.10 Å². The van der Waals surface area contributed by atoms with Crippen molar-refractivity contribution in [3.8, 4) is 5.69 Å². The van der Waals surface area contributed by atoms with Crippen molar-refractivity contribution in [1.82, 2.24) is 14.7 Å². The van der Waals surface area contributed by atoms with Crippen LogP contribution in [0.2, 0.25) is 0 Å². The normalized spacial score (nSPS) is 11.2. The van der Waals surface area contributed by atoms with Gasteiger partial charge in [0.05, 0.1) is 24.2 Å². The summed E-state index contributed by atoms with van der Waals surface area (Å²) >= 11 is 0. The first-order valence-electron chi connectivity index (χ1n) is 8.64. The lowest BCUT2D eigenvalue weighted by Crippen LogP contribution is -2.29. The first kappa shape index (κ1) is 19.6. The third-order valence-electron chi connectivity index (χ3n) is 4.22. The highest BCUT2D eigenvalue weighted by Crippen LogP contribution is 2.23. The number of carbonyl (C=O) groups excluding carboxylic acids is 1. The molecule has 0 saturated heterocycles. The van der Waals surface area contributed by atoms with Gasteiger partial charge in [-0.25, -0.2) is 13.1 Å². The quantitative estimate of drug-likeness (QED) is 0.639. The minimum Gasteiger partial charge on any atom is -0.345 e. The highest BCUT2D eigenvalue weighted by molar-refractivity contribution is 7.92. The summed E-state index contributed by atoms with van der Waals surface area (Å²) in [4.78, 5) is 13.5. The van der Waals surface area contributed by atoms with Gasteiger partial charge in [-0.05, 0) is 42.0 Å². The van der Waals surface area contributed by atoms with Crippen molar-refractivity contribution in [3.05, 3.63) is 78.1 Å². The summed E-state index contributed by atoms with van der Waals surface area (Å²) in [6.07, 6.45) is 4.64. The molecule has 0 saturated carbocycles. The number of carbonyl (C=O) groups is 1. The van der Waals surface area contributed by atoms with E-state index < -0.39 is 10.0 Å². The zero-order valence-electron chi connectivity index (χ0n) is 16.0. The SMILES string of the molecule is CN(C)C(=O)c1ccc(CN(c2cccc(-n3cccn3)c2)S(C)(=O)=O)cc1. The minimum absolute atomic E-state index is 0.0987. The summed E-state index contributed by atoms with van der Waals surface area (Å²) in [5, 5.41) is 4.19. The molecule has 0 fully saturated rings. The van der Waals surface area contributed by atoms with E-state index in [-0.39, 0.29) is 12.5 Å². The molecule has 0 aliphatic heterocycles. The molecule has 0 aliphatic rings. The van der Waals surface area contributed by atoms with Crippen LogP contribution in [0.25, 0.3) is 5.69 Å². The van der Waals surface area contributed by atoms with E-state index >= 15 is 0 Å². The second kappa shape index (κ2) is 7.85. The Bertz CT molecular complexity index is 1060. The molecule has 0 radical (unpaired) electrons. The molecule has 0 bridgehead atoms. The molecule has 146 valence electrons. The lowest BCUT2D eigenvalue weighted by Gasteiger charge is -2.23. The van der Waals surface area contributed by atoms with Crippen molar-refractivity contribution >= 4 is 21.6 Å². The Hall–Kier alpha value is -3.13. The lowest BCUT2D eigenvalue weighted by atomic mass is 10.1. The molecule has 0 unspecified atom stereocenters. The standard InChI is InChI=1S/C20H22N4O3S/c1-22(2)20(25)17-10-8-16(9-11-17)15-24(28(3,26)27)19-7-4-6-18(14-19)23-13-5-12-21-23/h4-14H,15H2,1-3H3. The molecule has 0 N–H and O–H groups in total. The van der Waals surface area contributed by atoms with Gasteiger partial charge in [-0.2, -0.15) is 5.10 Å². The highest BCUT2D eigenvalue weighted by atomic mass is 32.2. The number of benzene rings is 2. The van der Waals surface area contributed by atoms with Crippen LogP contribution in [0.4, 0.5) is 5.69 Å². The van der Waals surface area contributed by atoms with E-state index in [1.54, 1.807) is 79.7 Å². The molecule has 7 nitrogen and oxygen atoms in total. The molecule has 3 rings (SSSR count). The molecule has 3 aromatic rings. The fourth-order valence-corrected chi connectivity index (χ4v) is 3.67. The fourth-order valence-electron chi connectivity index (χ4n) is 2.79. The fraction of sp³-hybridized carbons (Fsp3) is 0.200. The molecular weight excluding hydrogens is 376 g/mol. The van der Waals surface area contributed by atoms with Crippen LogP contribution in [-0.4, -0.2) is 49.4 Å². The molecule has 0 atom stereocenters. The van der Waals surface area contributed by atoms with Crippen molar-refractivity contribution in [2.45, 2.75) is 6.54 Å². The summed E-state index contributed by atoms with van der Waals surface area (Å²) in [5.74, 6) is -0.0987. The van der Waals surface area contributed by atoms with Gasteiger partial charge in [0, 0.05) is 32.1 Å². The molecular formula is C20H22N4O3S. The Labute approximate surface area is 164 Å². The number of aromatic nitrogens is 2. The number of rotatable bonds is 6. The Morgan fingerprint density at radius 2 is 1.79 bits per heavy atom. The van der Waals surface area contributed by atoms with Gasteiger partial charge >= 0.3 is 0 Å². The Kier molecular flexibility index (Phi) is 5.51. The Morgan fingerprint density at radius 1 is 1.07 bits per heavy atom. The van der Waals surface area contributed by atoms with Crippen molar-refractivity contribution < 1.29 is 13.2 Å². The van der Waals surface area contributed by atoms with E-state index in [0.717, 1.165) is 11.3 Å². The smallest absolute Gasteiger partial charge is 0.253 e. The number of sulfonamides is 1. The monoisotopic (exact) mass is 398 g/mol. The second-order valence-electron chi connectivity index (χ2n) is 6.64. The van der Waals surface area contributed by atoms with E-state index in [9.17, 15) is 13.2 Å². The highest BCUT2D eigenvalue weighted by Gasteiger charge is 2.19. The van der Waals surface area contributed by atoms with Crippen molar-refractivity contribution in [1.29, 1.82) is 0 Å². The predicted octanol–water partition coefficient (Wildman–Crippen LogP) is 2.54. The van der Waals surface area contributed by atoms with Crippen molar-refractivity contribution in [3.63, 3.8) is 0 Å². The van der Waals surface area contributed by atoms with Gasteiger partial charge in [0.15, 0.2) is 0 Å². The number of nitrogens with zero attached hydrogens (tertiary/aromatic N) is 4. The van der Waals surface area contributed by atoms with Crippen LogP contribution < -0.4 is 4.31 Å². The lowest BCUT2D eigenvalue weighted by molar-refractivity contribution is 0.0827. The first-order valence-corrected chi connectivity index (χ1v) is 10.5. The third-order valence-corrected chi connectivity index (χ3v) is 5.36. The van der Waals surface area contributed by atoms with Crippen LogP contribution in [0.1, 0.15) is 15.9 Å². The van der Waals surface area contributed by atoms with E-state index in [1.165, 1.54) is 15.5 Å². The third kappa shape index (κ3) is 4.40. The number of hydrogen-bond acceptors (Lipinski definition) is 4. The molecule has 1 amide bonds. The van der Waals surface area contributed by atoms with Gasteiger partial charge in [0.2, 0.25) is 10.0 Å². The van der Waals surface area contributed by atoms with Crippen LogP contribution in [-0.2, 0) is 16.6 Å². The first-order chi connectivity index (χ1) is 13.3. The Balaban J connectivity index is 1.90. The van der Waals surface area contributed by atoms with Gasteiger partial charge in [-0.3, -0.25) is 9.10 Å². The topological polar surface area (TPSA) is 75.5 Å². The van der Waals surface area contributed by atoms with E-state index in [4.69, 9.17) is 0 Å². The predicted molar refractivity (Wildman–Crippen MR) is 109 cm³/mol. The summed E-state index contributed by atoms with van der Waals surface area (Å²) < 4.78 is 27.9. The van der Waals surface area contributed by atoms with Crippen LogP contribution in [0.5, 0.6) is 0 Å². The van der Waals surface area contributed by atoms with Gasteiger partial charge in [0.1, 0.15) is 0 Å². The summed E-state index contributed by atoms with van der Waals surface area (Å²) in [6, 6.07) is 15.9. The largest absolute Gasteiger partial charge is 0.345 e. The molecule has 28 heavy (non-hydrogen) atoms. The van der Waals surface area contributed by atoms with Crippen molar-refractivity contribution in [2.24, 2.45) is 0 Å². The molecule has 1 heterocycles. The molecule has 2 aromatic carbocycles. The molecule has 0 aliphatic carbocycles. The molecule has 8 heteroatoms. The minimum atomic E-state index is -3.51. The van der Waals surface area contributed by atoms with Gasteiger partial charge in [-0.1, -0.05) is 18.2 Å².